The zero-order valence-electron chi connectivity index (χ0n) is 19.9. The third-order valence-electron chi connectivity index (χ3n) is 6.22. The van der Waals surface area contributed by atoms with E-state index in [0.717, 1.165) is 37.6 Å². The van der Waals surface area contributed by atoms with Crippen LogP contribution < -0.4 is 15.0 Å². The van der Waals surface area contributed by atoms with E-state index in [1.165, 1.54) is 0 Å². The van der Waals surface area contributed by atoms with E-state index in [4.69, 9.17) is 4.74 Å². The van der Waals surface area contributed by atoms with Crippen molar-refractivity contribution < 1.29 is 14.3 Å². The number of likely N-dealkylation sites (N-methyl/N-ethyl adjacent to an activating group) is 1. The second-order valence-electron chi connectivity index (χ2n) is 8.78. The number of hydrogen-bond donors (Lipinski definition) is 1. The molecule has 0 spiro atoms. The number of rotatable bonds is 7. The van der Waals surface area contributed by atoms with Gasteiger partial charge in [-0.1, -0.05) is 0 Å². The number of aromatic nitrogens is 2. The van der Waals surface area contributed by atoms with Gasteiger partial charge >= 0.3 is 0 Å². The van der Waals surface area contributed by atoms with Crippen molar-refractivity contribution in [2.45, 2.75) is 13.5 Å². The fourth-order valence-corrected chi connectivity index (χ4v) is 4.15. The van der Waals surface area contributed by atoms with Gasteiger partial charge in [0.1, 0.15) is 12.4 Å². The van der Waals surface area contributed by atoms with Gasteiger partial charge in [0.2, 0.25) is 11.8 Å². The summed E-state index contributed by atoms with van der Waals surface area (Å²) in [6, 6.07) is 7.46. The standard InChI is InChI=1S/C24H33N7O3/c1-19(32)30-12-14-31(15-13-30)24-21(4-3-6-26-24)34-18-20-5-7-25-22(16-20)27-23(33)17-29-10-8-28(2)9-11-29/h3-7,16H,8-15,17-18H2,1-2H3,(H,25,27,33). The van der Waals surface area contributed by atoms with Gasteiger partial charge < -0.3 is 24.8 Å². The summed E-state index contributed by atoms with van der Waals surface area (Å²) in [6.07, 6.45) is 3.43. The van der Waals surface area contributed by atoms with Gasteiger partial charge in [-0.15, -0.1) is 0 Å². The first-order chi connectivity index (χ1) is 16.5. The first-order valence-corrected chi connectivity index (χ1v) is 11.7. The van der Waals surface area contributed by atoms with E-state index in [2.05, 4.69) is 37.0 Å². The number of nitrogens with one attached hydrogen (secondary N) is 1. The maximum absolute atomic E-state index is 12.5. The van der Waals surface area contributed by atoms with Crippen LogP contribution in [0, 0.1) is 0 Å². The van der Waals surface area contributed by atoms with E-state index in [1.54, 1.807) is 19.3 Å². The van der Waals surface area contributed by atoms with Gasteiger partial charge in [-0.2, -0.15) is 0 Å². The molecule has 10 nitrogen and oxygen atoms in total. The van der Waals surface area contributed by atoms with Crippen molar-refractivity contribution in [3.63, 3.8) is 0 Å². The lowest BCUT2D eigenvalue weighted by Gasteiger charge is -2.35. The first kappa shape index (κ1) is 23.9. The third-order valence-corrected chi connectivity index (χ3v) is 6.22. The van der Waals surface area contributed by atoms with Gasteiger partial charge in [-0.05, 0) is 36.9 Å². The van der Waals surface area contributed by atoms with Crippen LogP contribution in [0.4, 0.5) is 11.6 Å². The summed E-state index contributed by atoms with van der Waals surface area (Å²) in [5.41, 5.74) is 0.904. The molecule has 34 heavy (non-hydrogen) atoms. The third kappa shape index (κ3) is 6.42. The van der Waals surface area contributed by atoms with E-state index in [0.29, 0.717) is 50.9 Å². The molecule has 2 aromatic rings. The summed E-state index contributed by atoms with van der Waals surface area (Å²) in [5, 5.41) is 2.90. The molecule has 0 unspecified atom stereocenters. The molecule has 2 aliphatic heterocycles. The van der Waals surface area contributed by atoms with Crippen molar-refractivity contribution >= 4 is 23.5 Å². The maximum Gasteiger partial charge on any atom is 0.239 e. The molecule has 4 heterocycles. The van der Waals surface area contributed by atoms with Crippen LogP contribution in [0.15, 0.2) is 36.7 Å². The quantitative estimate of drug-likeness (QED) is 0.642. The summed E-state index contributed by atoms with van der Waals surface area (Å²) in [7, 11) is 2.10. The van der Waals surface area contributed by atoms with Crippen molar-refractivity contribution in [1.29, 1.82) is 0 Å². The monoisotopic (exact) mass is 467 g/mol. The number of nitrogens with zero attached hydrogens (tertiary/aromatic N) is 6. The van der Waals surface area contributed by atoms with Crippen LogP contribution in [0.2, 0.25) is 0 Å². The lowest BCUT2D eigenvalue weighted by molar-refractivity contribution is -0.129. The largest absolute Gasteiger partial charge is 0.485 e. The van der Waals surface area contributed by atoms with Crippen LogP contribution in [0.5, 0.6) is 5.75 Å². The highest BCUT2D eigenvalue weighted by atomic mass is 16.5. The van der Waals surface area contributed by atoms with E-state index in [-0.39, 0.29) is 11.8 Å². The van der Waals surface area contributed by atoms with Crippen molar-refractivity contribution in [2.75, 3.05) is 76.2 Å². The van der Waals surface area contributed by atoms with Crippen molar-refractivity contribution in [3.8, 4) is 5.75 Å². The minimum Gasteiger partial charge on any atom is -0.485 e. The van der Waals surface area contributed by atoms with Crippen molar-refractivity contribution in [3.05, 3.63) is 42.2 Å². The first-order valence-electron chi connectivity index (χ1n) is 11.7. The molecular weight excluding hydrogens is 434 g/mol. The molecule has 2 aliphatic rings. The lowest BCUT2D eigenvalue weighted by atomic mass is 10.2. The van der Waals surface area contributed by atoms with Crippen LogP contribution >= 0.6 is 0 Å². The summed E-state index contributed by atoms with van der Waals surface area (Å²) in [5.74, 6) is 2.03. The van der Waals surface area contributed by atoms with Gasteiger partial charge in [-0.3, -0.25) is 14.5 Å². The minimum atomic E-state index is -0.0608. The Morgan fingerprint density at radius 3 is 2.50 bits per heavy atom. The molecule has 4 rings (SSSR count). The van der Waals surface area contributed by atoms with Crippen LogP contribution in [0.25, 0.3) is 0 Å². The molecule has 1 N–H and O–H groups in total. The SMILES string of the molecule is CC(=O)N1CCN(c2ncccc2OCc2ccnc(NC(=O)CN3CCN(C)CC3)c2)CC1. The van der Waals surface area contributed by atoms with Gasteiger partial charge in [0.15, 0.2) is 11.6 Å². The maximum atomic E-state index is 12.5. The predicted molar refractivity (Wildman–Crippen MR) is 130 cm³/mol. The van der Waals surface area contributed by atoms with Crippen LogP contribution in [-0.4, -0.2) is 102 Å². The number of amides is 2. The number of ether oxygens (including phenoxy) is 1. The number of anilines is 2. The highest BCUT2D eigenvalue weighted by Crippen LogP contribution is 2.27. The summed E-state index contributed by atoms with van der Waals surface area (Å²) in [4.78, 5) is 41.3. The Labute approximate surface area is 200 Å². The zero-order valence-corrected chi connectivity index (χ0v) is 19.9. The fraction of sp³-hybridized carbons (Fsp3) is 0.500. The fourth-order valence-electron chi connectivity index (χ4n) is 4.15. The number of pyridine rings is 2. The molecule has 0 bridgehead atoms. The molecule has 0 radical (unpaired) electrons. The van der Waals surface area contributed by atoms with Gasteiger partial charge in [0, 0.05) is 71.7 Å². The Morgan fingerprint density at radius 1 is 1.00 bits per heavy atom. The Kier molecular flexibility index (Phi) is 7.91. The zero-order chi connectivity index (χ0) is 23.9. The Hall–Kier alpha value is -3.24. The predicted octanol–water partition coefficient (Wildman–Crippen LogP) is 0.910. The average Bonchev–Trinajstić information content (AvgIpc) is 2.84. The Balaban J connectivity index is 1.32. The Bertz CT molecular complexity index is 986. The molecular formula is C24H33N7O3. The molecule has 0 atom stereocenters. The highest BCUT2D eigenvalue weighted by Gasteiger charge is 2.22. The molecule has 2 amide bonds. The molecule has 2 fully saturated rings. The highest BCUT2D eigenvalue weighted by molar-refractivity contribution is 5.91. The van der Waals surface area contributed by atoms with E-state index in [9.17, 15) is 9.59 Å². The molecule has 0 aliphatic carbocycles. The normalized spacial score (nSPS) is 17.5. The number of piperazine rings is 2. The number of carbonyl (C=O) groups is 2. The van der Waals surface area contributed by atoms with Gasteiger partial charge in [0.25, 0.3) is 0 Å². The lowest BCUT2D eigenvalue weighted by Crippen LogP contribution is -2.48. The number of hydrogen-bond acceptors (Lipinski definition) is 8. The van der Waals surface area contributed by atoms with Crippen molar-refractivity contribution in [1.82, 2.24) is 24.7 Å². The molecule has 2 saturated heterocycles. The summed E-state index contributed by atoms with van der Waals surface area (Å²) < 4.78 is 6.10. The molecule has 10 heteroatoms. The second kappa shape index (κ2) is 11.3. The van der Waals surface area contributed by atoms with Crippen LogP contribution in [-0.2, 0) is 16.2 Å². The topological polar surface area (TPSA) is 94.1 Å². The smallest absolute Gasteiger partial charge is 0.239 e. The van der Waals surface area contributed by atoms with Crippen LogP contribution in [0.1, 0.15) is 12.5 Å². The molecule has 0 saturated carbocycles. The average molecular weight is 468 g/mol. The van der Waals surface area contributed by atoms with Gasteiger partial charge in [-0.25, -0.2) is 9.97 Å². The molecule has 182 valence electrons. The molecule has 0 aromatic carbocycles. The summed E-state index contributed by atoms with van der Waals surface area (Å²) in [6.45, 7) is 8.80. The number of carbonyl (C=O) groups excluding carboxylic acids is 2. The molecule has 2 aromatic heterocycles. The summed E-state index contributed by atoms with van der Waals surface area (Å²) >= 11 is 0. The van der Waals surface area contributed by atoms with E-state index >= 15 is 0 Å². The van der Waals surface area contributed by atoms with Gasteiger partial charge in [0.05, 0.1) is 6.54 Å². The Morgan fingerprint density at radius 2 is 1.76 bits per heavy atom. The minimum absolute atomic E-state index is 0.0608. The van der Waals surface area contributed by atoms with E-state index in [1.807, 2.05) is 29.2 Å². The second-order valence-corrected chi connectivity index (χ2v) is 8.78. The van der Waals surface area contributed by atoms with E-state index < -0.39 is 0 Å². The van der Waals surface area contributed by atoms with Crippen molar-refractivity contribution in [2.24, 2.45) is 0 Å². The van der Waals surface area contributed by atoms with Crippen LogP contribution in [0.3, 0.4) is 0 Å².